The summed E-state index contributed by atoms with van der Waals surface area (Å²) in [5.41, 5.74) is 6.19. The third kappa shape index (κ3) is 1.94. The second-order valence-corrected chi connectivity index (χ2v) is 10.6. The summed E-state index contributed by atoms with van der Waals surface area (Å²) in [6, 6.07) is 0.0599. The Balaban J connectivity index is 1.48. The molecule has 4 bridgehead atoms. The Hall–Kier alpha value is -0.610. The molecule has 4 nitrogen and oxygen atoms in total. The van der Waals surface area contributed by atoms with Crippen molar-refractivity contribution in [2.75, 3.05) is 6.54 Å². The molecule has 1 saturated heterocycles. The zero-order valence-electron chi connectivity index (χ0n) is 14.5. The van der Waals surface area contributed by atoms with Gasteiger partial charge in [-0.3, -0.25) is 4.79 Å². The van der Waals surface area contributed by atoms with Gasteiger partial charge < -0.3 is 15.7 Å². The molecule has 5 aliphatic carbocycles. The van der Waals surface area contributed by atoms with Crippen molar-refractivity contribution in [1.82, 2.24) is 4.90 Å². The Kier molecular flexibility index (Phi) is 2.53. The summed E-state index contributed by atoms with van der Waals surface area (Å²) >= 11 is 0. The van der Waals surface area contributed by atoms with E-state index in [4.69, 9.17) is 5.73 Å². The van der Waals surface area contributed by atoms with Crippen LogP contribution < -0.4 is 5.73 Å². The van der Waals surface area contributed by atoms with Crippen LogP contribution in [0.4, 0.5) is 0 Å². The Labute approximate surface area is 138 Å². The van der Waals surface area contributed by atoms with Crippen molar-refractivity contribution < 1.29 is 9.90 Å². The number of piperidine rings is 1. The quantitative estimate of drug-likeness (QED) is 0.819. The Morgan fingerprint density at radius 3 is 2.26 bits per heavy atom. The molecule has 0 aromatic heterocycles. The summed E-state index contributed by atoms with van der Waals surface area (Å²) in [7, 11) is 0. The van der Waals surface area contributed by atoms with Crippen LogP contribution in [-0.4, -0.2) is 40.1 Å². The molecule has 1 amide bonds. The average Bonchev–Trinajstić information content (AvgIpc) is 3.03. The van der Waals surface area contributed by atoms with Gasteiger partial charge in [-0.25, -0.2) is 0 Å². The number of nitrogens with zero attached hydrogens (tertiary/aromatic N) is 1. The van der Waals surface area contributed by atoms with Crippen molar-refractivity contribution in [2.45, 2.75) is 82.9 Å². The lowest BCUT2D eigenvalue weighted by Gasteiger charge is -2.69. The number of aliphatic hydroxyl groups is 1. The van der Waals surface area contributed by atoms with Crippen LogP contribution in [0.5, 0.6) is 0 Å². The minimum atomic E-state index is -0.594. The van der Waals surface area contributed by atoms with E-state index in [1.54, 1.807) is 0 Å². The van der Waals surface area contributed by atoms with Crippen molar-refractivity contribution in [3.8, 4) is 0 Å². The molecule has 0 radical (unpaired) electrons. The first-order chi connectivity index (χ1) is 10.7. The minimum Gasteiger partial charge on any atom is -0.390 e. The summed E-state index contributed by atoms with van der Waals surface area (Å²) < 4.78 is 0. The molecule has 1 aliphatic heterocycles. The topological polar surface area (TPSA) is 66.6 Å². The predicted molar refractivity (Wildman–Crippen MR) is 87.5 cm³/mol. The van der Waals surface area contributed by atoms with Gasteiger partial charge in [0, 0.05) is 12.6 Å². The molecule has 5 atom stereocenters. The summed E-state index contributed by atoms with van der Waals surface area (Å²) in [5, 5.41) is 11.2. The summed E-state index contributed by atoms with van der Waals surface area (Å²) in [6.45, 7) is 5.52. The largest absolute Gasteiger partial charge is 0.390 e. The number of carbonyl (C=O) groups is 1. The van der Waals surface area contributed by atoms with E-state index in [2.05, 4.69) is 18.7 Å². The number of nitrogens with two attached hydrogens (primary N) is 1. The molecule has 6 fully saturated rings. The third-order valence-electron chi connectivity index (χ3n) is 7.84. The number of hydrogen-bond donors (Lipinski definition) is 2. The van der Waals surface area contributed by atoms with Gasteiger partial charge in [0.1, 0.15) is 0 Å². The molecule has 0 aromatic carbocycles. The van der Waals surface area contributed by atoms with Gasteiger partial charge in [-0.2, -0.15) is 0 Å². The smallest absolute Gasteiger partial charge is 0.240 e. The zero-order valence-corrected chi connectivity index (χ0v) is 14.5. The van der Waals surface area contributed by atoms with Crippen LogP contribution in [0.15, 0.2) is 0 Å². The van der Waals surface area contributed by atoms with Crippen LogP contribution in [0, 0.1) is 22.2 Å². The first-order valence-corrected chi connectivity index (χ1v) is 9.44. The van der Waals surface area contributed by atoms with Crippen molar-refractivity contribution in [3.63, 3.8) is 0 Å². The van der Waals surface area contributed by atoms with E-state index in [1.807, 2.05) is 0 Å². The maximum atomic E-state index is 13.1. The van der Waals surface area contributed by atoms with E-state index in [1.165, 1.54) is 12.8 Å². The maximum absolute atomic E-state index is 13.1. The number of hydrogen-bond acceptors (Lipinski definition) is 3. The lowest BCUT2D eigenvalue weighted by Crippen LogP contribution is -2.68. The van der Waals surface area contributed by atoms with Gasteiger partial charge in [0.05, 0.1) is 11.6 Å². The highest BCUT2D eigenvalue weighted by atomic mass is 16.3. The van der Waals surface area contributed by atoms with Crippen molar-refractivity contribution in [3.05, 3.63) is 0 Å². The molecule has 128 valence electrons. The van der Waals surface area contributed by atoms with E-state index in [9.17, 15) is 9.90 Å². The van der Waals surface area contributed by atoms with Gasteiger partial charge in [0.15, 0.2) is 0 Å². The Morgan fingerprint density at radius 1 is 1.13 bits per heavy atom. The second kappa shape index (κ2) is 3.96. The van der Waals surface area contributed by atoms with Gasteiger partial charge in [-0.1, -0.05) is 13.8 Å². The first-order valence-electron chi connectivity index (χ1n) is 9.44. The fourth-order valence-corrected chi connectivity index (χ4v) is 8.16. The molecule has 0 spiro atoms. The van der Waals surface area contributed by atoms with Gasteiger partial charge >= 0.3 is 0 Å². The SMILES string of the molecule is CC12CC3(C)CC(O)(C1)CC([C@H](N)C(=O)N1CC[C@@H]4CC41)(C2)C3. The fourth-order valence-electron chi connectivity index (χ4n) is 8.16. The van der Waals surface area contributed by atoms with E-state index in [-0.39, 0.29) is 22.2 Å². The molecule has 0 aromatic rings. The van der Waals surface area contributed by atoms with Crippen LogP contribution in [0.1, 0.15) is 65.2 Å². The zero-order chi connectivity index (χ0) is 16.3. The number of fused-ring (bicyclic) bond motifs is 1. The Morgan fingerprint density at radius 2 is 1.78 bits per heavy atom. The van der Waals surface area contributed by atoms with Gasteiger partial charge in [-0.05, 0) is 73.5 Å². The molecule has 6 aliphatic rings. The monoisotopic (exact) mass is 318 g/mol. The average molecular weight is 318 g/mol. The highest BCUT2D eigenvalue weighted by Gasteiger charge is 2.68. The van der Waals surface area contributed by atoms with Crippen LogP contribution in [0.3, 0.4) is 0 Å². The van der Waals surface area contributed by atoms with Crippen molar-refractivity contribution in [1.29, 1.82) is 0 Å². The number of likely N-dealkylation sites (tertiary alicyclic amines) is 1. The maximum Gasteiger partial charge on any atom is 0.240 e. The van der Waals surface area contributed by atoms with E-state index >= 15 is 0 Å². The number of rotatable bonds is 2. The molecule has 1 heterocycles. The Bertz CT molecular complexity index is 534. The summed E-state index contributed by atoms with van der Waals surface area (Å²) in [4.78, 5) is 15.2. The van der Waals surface area contributed by atoms with Crippen LogP contribution >= 0.6 is 0 Å². The summed E-state index contributed by atoms with van der Waals surface area (Å²) in [5.74, 6) is 0.925. The fraction of sp³-hybridized carbons (Fsp3) is 0.947. The molecular weight excluding hydrogens is 288 g/mol. The van der Waals surface area contributed by atoms with Crippen LogP contribution in [-0.2, 0) is 4.79 Å². The molecule has 4 heteroatoms. The lowest BCUT2D eigenvalue weighted by atomic mass is 9.38. The van der Waals surface area contributed by atoms with Gasteiger partial charge in [0.2, 0.25) is 5.91 Å². The number of carbonyl (C=O) groups excluding carboxylic acids is 1. The second-order valence-electron chi connectivity index (χ2n) is 10.6. The van der Waals surface area contributed by atoms with Gasteiger partial charge in [-0.15, -0.1) is 0 Å². The van der Waals surface area contributed by atoms with E-state index < -0.39 is 11.6 Å². The van der Waals surface area contributed by atoms with Crippen molar-refractivity contribution in [2.24, 2.45) is 27.9 Å². The molecular formula is C19H30N2O2. The highest BCUT2D eigenvalue weighted by Crippen LogP contribution is 2.71. The predicted octanol–water partition coefficient (Wildman–Crippen LogP) is 2.05. The van der Waals surface area contributed by atoms with Gasteiger partial charge in [0.25, 0.3) is 0 Å². The lowest BCUT2D eigenvalue weighted by molar-refractivity contribution is -0.230. The molecule has 3 N–H and O–H groups in total. The third-order valence-corrected chi connectivity index (χ3v) is 7.84. The molecule has 6 rings (SSSR count). The van der Waals surface area contributed by atoms with E-state index in [0.29, 0.717) is 6.04 Å². The van der Waals surface area contributed by atoms with Crippen molar-refractivity contribution >= 4 is 5.91 Å². The molecule has 5 saturated carbocycles. The summed E-state index contributed by atoms with van der Waals surface area (Å²) in [6.07, 6.45) is 8.10. The molecule has 23 heavy (non-hydrogen) atoms. The first kappa shape index (κ1) is 14.7. The van der Waals surface area contributed by atoms with E-state index in [0.717, 1.165) is 51.0 Å². The number of amides is 1. The van der Waals surface area contributed by atoms with Crippen LogP contribution in [0.2, 0.25) is 0 Å². The minimum absolute atomic E-state index is 0.156. The van der Waals surface area contributed by atoms with Crippen LogP contribution in [0.25, 0.3) is 0 Å². The highest BCUT2D eigenvalue weighted by molar-refractivity contribution is 5.84. The normalized spacial score (nSPS) is 57.5. The molecule has 3 unspecified atom stereocenters. The standard InChI is InChI=1S/C19H30N2O2/c1-16-6-17(2)8-18(7-16,11-19(23,9-16)10-17)14(20)15(22)21-4-3-12-5-13(12)21/h12-14,23H,3-11,20H2,1-2H3/t12-,13?,14-,16?,17?,18?,19?/m1/s1.